The number of hydrogen-bond donors (Lipinski definition) is 3. The standard InChI is InChI=1S/C20H23F3N8O/c1-30-9-13(21)16(10-30)26-20-27-19(32-2)18-12(5-6-31(18)29-20)11-3-4-14(28-24)15(7-11)25-8-17(22)23/h3-7,13,16-17,24-25H,8-10H2,1-2H3,(H,26,29)/t13-,16+/m0/s1. The van der Waals surface area contributed by atoms with Gasteiger partial charge in [-0.1, -0.05) is 6.07 Å². The third-order valence-electron chi connectivity index (χ3n) is 5.29. The van der Waals surface area contributed by atoms with E-state index >= 15 is 0 Å². The second-order valence-corrected chi connectivity index (χ2v) is 7.57. The molecule has 0 spiro atoms. The monoisotopic (exact) mass is 448 g/mol. The van der Waals surface area contributed by atoms with E-state index < -0.39 is 25.2 Å². The summed E-state index contributed by atoms with van der Waals surface area (Å²) in [7, 11) is 3.32. The molecule has 1 aliphatic heterocycles. The smallest absolute Gasteiger partial charge is 0.255 e. The Morgan fingerprint density at radius 2 is 2.12 bits per heavy atom. The molecule has 1 aliphatic rings. The van der Waals surface area contributed by atoms with E-state index in [4.69, 9.17) is 10.3 Å². The Labute approximate surface area is 182 Å². The van der Waals surface area contributed by atoms with Crippen LogP contribution in [-0.2, 0) is 0 Å². The Morgan fingerprint density at radius 3 is 2.78 bits per heavy atom. The minimum Gasteiger partial charge on any atom is -0.479 e. The number of hydrogen-bond acceptors (Lipinski definition) is 8. The van der Waals surface area contributed by atoms with Crippen molar-refractivity contribution in [2.24, 2.45) is 5.11 Å². The average Bonchev–Trinajstić information content (AvgIpc) is 3.33. The maximum absolute atomic E-state index is 14.2. The van der Waals surface area contributed by atoms with Gasteiger partial charge in [-0.25, -0.2) is 23.2 Å². The van der Waals surface area contributed by atoms with Crippen LogP contribution in [0.15, 0.2) is 35.6 Å². The largest absolute Gasteiger partial charge is 0.479 e. The number of alkyl halides is 3. The number of likely N-dealkylation sites (N-methyl/N-ethyl adjacent to an activating group) is 1. The van der Waals surface area contributed by atoms with Gasteiger partial charge in [0.25, 0.3) is 6.43 Å². The predicted octanol–water partition coefficient (Wildman–Crippen LogP) is 3.81. The topological polar surface area (TPSA) is 103 Å². The summed E-state index contributed by atoms with van der Waals surface area (Å²) < 4.78 is 46.6. The summed E-state index contributed by atoms with van der Waals surface area (Å²) in [4.78, 5) is 6.29. The van der Waals surface area contributed by atoms with Crippen molar-refractivity contribution in [1.29, 1.82) is 5.53 Å². The summed E-state index contributed by atoms with van der Waals surface area (Å²) in [6.07, 6.45) is -1.87. The van der Waals surface area contributed by atoms with Gasteiger partial charge < -0.3 is 20.3 Å². The average molecular weight is 448 g/mol. The molecule has 0 amide bonds. The molecule has 32 heavy (non-hydrogen) atoms. The molecule has 3 N–H and O–H groups in total. The van der Waals surface area contributed by atoms with Gasteiger partial charge in [0, 0.05) is 24.8 Å². The lowest BCUT2D eigenvalue weighted by Crippen LogP contribution is -2.30. The van der Waals surface area contributed by atoms with Gasteiger partial charge in [0.05, 0.1) is 25.4 Å². The van der Waals surface area contributed by atoms with Gasteiger partial charge in [0.1, 0.15) is 17.4 Å². The number of ether oxygens (including phenoxy) is 1. The van der Waals surface area contributed by atoms with Gasteiger partial charge in [-0.05, 0) is 30.8 Å². The summed E-state index contributed by atoms with van der Waals surface area (Å²) in [5.41, 5.74) is 9.78. The zero-order chi connectivity index (χ0) is 22.8. The molecule has 170 valence electrons. The first-order valence-electron chi connectivity index (χ1n) is 9.96. The third-order valence-corrected chi connectivity index (χ3v) is 5.29. The van der Waals surface area contributed by atoms with Gasteiger partial charge >= 0.3 is 0 Å². The second-order valence-electron chi connectivity index (χ2n) is 7.57. The maximum Gasteiger partial charge on any atom is 0.255 e. The first-order chi connectivity index (χ1) is 15.4. The molecule has 0 saturated carbocycles. The van der Waals surface area contributed by atoms with Crippen molar-refractivity contribution in [2.45, 2.75) is 18.6 Å². The van der Waals surface area contributed by atoms with E-state index in [0.29, 0.717) is 35.4 Å². The molecule has 2 atom stereocenters. The molecule has 0 radical (unpaired) electrons. The van der Waals surface area contributed by atoms with E-state index in [2.05, 4.69) is 25.8 Å². The van der Waals surface area contributed by atoms with Crippen LogP contribution in [0.4, 0.5) is 30.5 Å². The first-order valence-corrected chi connectivity index (χ1v) is 9.96. The molecule has 3 heterocycles. The van der Waals surface area contributed by atoms with Crippen LogP contribution in [0.25, 0.3) is 16.6 Å². The molecule has 1 saturated heterocycles. The minimum absolute atomic E-state index is 0.238. The fraction of sp³-hybridized carbons (Fsp3) is 0.400. The first kappa shape index (κ1) is 21.8. The van der Waals surface area contributed by atoms with Crippen molar-refractivity contribution < 1.29 is 17.9 Å². The molecular weight excluding hydrogens is 425 g/mol. The molecule has 0 bridgehead atoms. The van der Waals surface area contributed by atoms with Crippen LogP contribution < -0.4 is 15.4 Å². The van der Waals surface area contributed by atoms with Crippen LogP contribution in [0, 0.1) is 5.53 Å². The lowest BCUT2D eigenvalue weighted by molar-refractivity contribution is 0.163. The Bertz CT molecular complexity index is 1120. The summed E-state index contributed by atoms with van der Waals surface area (Å²) in [6, 6.07) is 6.30. The third kappa shape index (κ3) is 4.31. The summed E-state index contributed by atoms with van der Waals surface area (Å²) >= 11 is 0. The van der Waals surface area contributed by atoms with Crippen molar-refractivity contribution in [3.8, 4) is 17.0 Å². The van der Waals surface area contributed by atoms with Crippen molar-refractivity contribution in [1.82, 2.24) is 19.5 Å². The molecule has 12 heteroatoms. The Hall–Kier alpha value is -3.41. The number of benzene rings is 1. The fourth-order valence-electron chi connectivity index (χ4n) is 3.81. The summed E-state index contributed by atoms with van der Waals surface area (Å²) in [5.74, 6) is 0.516. The van der Waals surface area contributed by atoms with Crippen molar-refractivity contribution in [3.05, 3.63) is 30.5 Å². The van der Waals surface area contributed by atoms with E-state index in [-0.39, 0.29) is 17.5 Å². The molecule has 4 rings (SSSR count). The lowest BCUT2D eigenvalue weighted by atomic mass is 10.1. The van der Waals surface area contributed by atoms with E-state index in [1.807, 2.05) is 11.9 Å². The van der Waals surface area contributed by atoms with Crippen LogP contribution in [0.2, 0.25) is 0 Å². The summed E-state index contributed by atoms with van der Waals surface area (Å²) in [5, 5.41) is 13.5. The lowest BCUT2D eigenvalue weighted by Gasteiger charge is -2.15. The zero-order valence-electron chi connectivity index (χ0n) is 17.5. The number of fused-ring (bicyclic) bond motifs is 1. The molecule has 3 aromatic rings. The van der Waals surface area contributed by atoms with Crippen LogP contribution in [0.5, 0.6) is 5.88 Å². The van der Waals surface area contributed by atoms with Gasteiger partial charge in [-0.3, -0.25) is 0 Å². The van der Waals surface area contributed by atoms with Crippen molar-refractivity contribution >= 4 is 22.8 Å². The van der Waals surface area contributed by atoms with Crippen LogP contribution in [0.1, 0.15) is 0 Å². The highest BCUT2D eigenvalue weighted by Crippen LogP contribution is 2.36. The molecule has 2 aromatic heterocycles. The number of halogens is 3. The normalized spacial score (nSPS) is 18.9. The molecule has 1 aromatic carbocycles. The van der Waals surface area contributed by atoms with Crippen LogP contribution in [-0.4, -0.2) is 71.9 Å². The highest BCUT2D eigenvalue weighted by molar-refractivity contribution is 5.87. The van der Waals surface area contributed by atoms with Crippen LogP contribution >= 0.6 is 0 Å². The SMILES string of the molecule is COc1nc(N[C@@H]2CN(C)C[C@@H]2F)nn2ccc(-c3ccc(N=N)c(NCC(F)F)c3)c12. The van der Waals surface area contributed by atoms with Gasteiger partial charge in [-0.2, -0.15) is 10.1 Å². The Kier molecular flexibility index (Phi) is 6.12. The van der Waals surface area contributed by atoms with Gasteiger partial charge in [0.2, 0.25) is 11.8 Å². The van der Waals surface area contributed by atoms with Crippen LogP contribution in [0.3, 0.4) is 0 Å². The van der Waals surface area contributed by atoms with Crippen molar-refractivity contribution in [2.75, 3.05) is 44.4 Å². The number of nitrogens with one attached hydrogen (secondary N) is 3. The Morgan fingerprint density at radius 1 is 1.31 bits per heavy atom. The molecule has 9 nitrogen and oxygen atoms in total. The zero-order valence-corrected chi connectivity index (χ0v) is 17.5. The van der Waals surface area contributed by atoms with Crippen molar-refractivity contribution in [3.63, 3.8) is 0 Å². The number of anilines is 2. The predicted molar refractivity (Wildman–Crippen MR) is 114 cm³/mol. The molecule has 0 unspecified atom stereocenters. The van der Waals surface area contributed by atoms with E-state index in [9.17, 15) is 13.2 Å². The van der Waals surface area contributed by atoms with E-state index in [1.165, 1.54) is 7.11 Å². The highest BCUT2D eigenvalue weighted by Gasteiger charge is 2.31. The number of likely N-dealkylation sites (tertiary alicyclic amines) is 1. The van der Waals surface area contributed by atoms with E-state index in [1.54, 1.807) is 35.0 Å². The van der Waals surface area contributed by atoms with Gasteiger partial charge in [0.15, 0.2) is 0 Å². The summed E-state index contributed by atoms with van der Waals surface area (Å²) in [6.45, 7) is 0.312. The Balaban J connectivity index is 1.70. The second kappa shape index (κ2) is 8.99. The number of methoxy groups -OCH3 is 1. The molecular formula is C20H23F3N8O. The molecule has 0 aliphatic carbocycles. The van der Waals surface area contributed by atoms with Gasteiger partial charge in [-0.15, -0.1) is 5.10 Å². The fourth-order valence-corrected chi connectivity index (χ4v) is 3.81. The number of aromatic nitrogens is 3. The minimum atomic E-state index is -2.55. The highest BCUT2D eigenvalue weighted by atomic mass is 19.3. The maximum atomic E-state index is 14.2. The molecule has 1 fully saturated rings. The quantitative estimate of drug-likeness (QED) is 0.453. The number of nitrogens with zero attached hydrogens (tertiary/aromatic N) is 5. The number of rotatable bonds is 8. The van der Waals surface area contributed by atoms with E-state index in [0.717, 1.165) is 0 Å².